The summed E-state index contributed by atoms with van der Waals surface area (Å²) in [6.45, 7) is 0. The van der Waals surface area contributed by atoms with E-state index in [1.807, 2.05) is 24.3 Å². The maximum atomic E-state index is 13.0. The summed E-state index contributed by atoms with van der Waals surface area (Å²) in [5.41, 5.74) is 0. The summed E-state index contributed by atoms with van der Waals surface area (Å²) < 4.78 is 28.6. The van der Waals surface area contributed by atoms with E-state index in [9.17, 15) is 8.42 Å². The number of thiophene rings is 1. The molecule has 114 valence electrons. The zero-order valence-corrected chi connectivity index (χ0v) is 14.3. The zero-order valence-electron chi connectivity index (χ0n) is 11.9. The number of sulfonamides is 1. The minimum absolute atomic E-state index is 0.122. The van der Waals surface area contributed by atoms with Gasteiger partial charge in [-0.2, -0.15) is 4.31 Å². The van der Waals surface area contributed by atoms with Crippen molar-refractivity contribution in [2.45, 2.75) is 42.5 Å². The van der Waals surface area contributed by atoms with Gasteiger partial charge in [-0.1, -0.05) is 31.0 Å². The van der Waals surface area contributed by atoms with Crippen molar-refractivity contribution in [3.63, 3.8) is 0 Å². The van der Waals surface area contributed by atoms with E-state index in [1.54, 1.807) is 11.4 Å². The van der Waals surface area contributed by atoms with Gasteiger partial charge in [0, 0.05) is 28.1 Å². The number of hydrogen-bond acceptors (Lipinski definition) is 3. The molecule has 1 saturated carbocycles. The molecule has 1 aliphatic carbocycles. The SMILES string of the molecule is CN(C1CCCC1)S(=O)(=O)c1c(CCl)sc2ccccc12. The summed E-state index contributed by atoms with van der Waals surface area (Å²) in [6.07, 6.45) is 4.12. The van der Waals surface area contributed by atoms with E-state index < -0.39 is 10.0 Å². The summed E-state index contributed by atoms with van der Waals surface area (Å²) in [5, 5.41) is 0.794. The van der Waals surface area contributed by atoms with Crippen LogP contribution in [0.15, 0.2) is 29.2 Å². The molecule has 0 spiro atoms. The Kier molecular flexibility index (Phi) is 4.28. The molecule has 1 aliphatic rings. The Labute approximate surface area is 134 Å². The molecule has 3 rings (SSSR count). The average Bonchev–Trinajstić information content (AvgIpc) is 3.13. The number of rotatable bonds is 4. The zero-order chi connectivity index (χ0) is 15.0. The molecule has 21 heavy (non-hydrogen) atoms. The molecule has 1 fully saturated rings. The van der Waals surface area contributed by atoms with E-state index >= 15 is 0 Å². The van der Waals surface area contributed by atoms with Crippen molar-refractivity contribution in [3.05, 3.63) is 29.1 Å². The molecule has 0 amide bonds. The first-order valence-corrected chi connectivity index (χ1v) is 9.89. The quantitative estimate of drug-likeness (QED) is 0.780. The Morgan fingerprint density at radius 2 is 1.95 bits per heavy atom. The number of benzene rings is 1. The highest BCUT2D eigenvalue weighted by atomic mass is 35.5. The molecule has 0 radical (unpaired) electrons. The maximum Gasteiger partial charge on any atom is 0.244 e. The smallest absolute Gasteiger partial charge is 0.207 e. The van der Waals surface area contributed by atoms with Gasteiger partial charge in [-0.05, 0) is 18.9 Å². The second-order valence-electron chi connectivity index (χ2n) is 5.44. The predicted octanol–water partition coefficient (Wildman–Crippen LogP) is 4.20. The lowest BCUT2D eigenvalue weighted by atomic mass is 10.2. The van der Waals surface area contributed by atoms with Gasteiger partial charge in [0.05, 0.1) is 5.88 Å². The third-order valence-electron chi connectivity index (χ3n) is 4.22. The number of nitrogens with zero attached hydrogens (tertiary/aromatic N) is 1. The Balaban J connectivity index is 2.13. The third-order valence-corrected chi connectivity index (χ3v) is 7.98. The van der Waals surface area contributed by atoms with Crippen LogP contribution in [0.4, 0.5) is 0 Å². The van der Waals surface area contributed by atoms with Crippen molar-refractivity contribution in [2.24, 2.45) is 0 Å². The number of alkyl halides is 1. The van der Waals surface area contributed by atoms with Crippen molar-refractivity contribution in [1.29, 1.82) is 0 Å². The highest BCUT2D eigenvalue weighted by Crippen LogP contribution is 2.38. The van der Waals surface area contributed by atoms with E-state index in [-0.39, 0.29) is 11.9 Å². The highest BCUT2D eigenvalue weighted by Gasteiger charge is 2.33. The molecule has 0 atom stereocenters. The van der Waals surface area contributed by atoms with Crippen LogP contribution in [0, 0.1) is 0 Å². The lowest BCUT2D eigenvalue weighted by Crippen LogP contribution is -2.35. The average molecular weight is 344 g/mol. The Hall–Kier alpha value is -0.620. The minimum atomic E-state index is -3.49. The van der Waals surface area contributed by atoms with Crippen LogP contribution in [0.3, 0.4) is 0 Å². The standard InChI is InChI=1S/C15H18ClNO2S2/c1-17(11-6-2-3-7-11)21(18,19)15-12-8-4-5-9-13(12)20-14(15)10-16/h4-5,8-9,11H,2-3,6-7,10H2,1H3. The monoisotopic (exact) mass is 343 g/mol. The number of halogens is 1. The van der Waals surface area contributed by atoms with E-state index in [2.05, 4.69) is 0 Å². The Bertz CT molecular complexity index is 748. The van der Waals surface area contributed by atoms with Gasteiger partial charge in [0.2, 0.25) is 10.0 Å². The molecule has 2 aromatic rings. The highest BCUT2D eigenvalue weighted by molar-refractivity contribution is 7.89. The second kappa shape index (κ2) is 5.88. The fourth-order valence-corrected chi connectivity index (χ4v) is 6.59. The van der Waals surface area contributed by atoms with Crippen LogP contribution >= 0.6 is 22.9 Å². The van der Waals surface area contributed by atoms with Gasteiger partial charge >= 0.3 is 0 Å². The fraction of sp³-hybridized carbons (Fsp3) is 0.467. The summed E-state index contributed by atoms with van der Waals surface area (Å²) >= 11 is 7.47. The van der Waals surface area contributed by atoms with Gasteiger partial charge < -0.3 is 0 Å². The fourth-order valence-electron chi connectivity index (χ4n) is 3.05. The van der Waals surface area contributed by atoms with E-state index in [1.165, 1.54) is 11.3 Å². The normalized spacial score (nSPS) is 17.1. The second-order valence-corrected chi connectivity index (χ2v) is 8.78. The van der Waals surface area contributed by atoms with Gasteiger partial charge in [0.1, 0.15) is 4.90 Å². The van der Waals surface area contributed by atoms with Crippen molar-refractivity contribution >= 4 is 43.0 Å². The molecular weight excluding hydrogens is 326 g/mol. The lowest BCUT2D eigenvalue weighted by molar-refractivity contribution is 0.373. The van der Waals surface area contributed by atoms with Crippen LogP contribution in [0.25, 0.3) is 10.1 Å². The van der Waals surface area contributed by atoms with Gasteiger partial charge in [-0.25, -0.2) is 8.42 Å². The molecule has 0 bridgehead atoms. The topological polar surface area (TPSA) is 37.4 Å². The summed E-state index contributed by atoms with van der Waals surface area (Å²) in [6, 6.07) is 7.74. The number of hydrogen-bond donors (Lipinski definition) is 0. The van der Waals surface area contributed by atoms with Crippen LogP contribution in [-0.2, 0) is 15.9 Å². The lowest BCUT2D eigenvalue weighted by Gasteiger charge is -2.24. The van der Waals surface area contributed by atoms with Gasteiger partial charge in [-0.3, -0.25) is 0 Å². The Morgan fingerprint density at radius 3 is 2.62 bits per heavy atom. The van der Waals surface area contributed by atoms with Crippen molar-refractivity contribution < 1.29 is 8.42 Å². The predicted molar refractivity (Wildman–Crippen MR) is 88.6 cm³/mol. The van der Waals surface area contributed by atoms with Gasteiger partial charge in [-0.15, -0.1) is 22.9 Å². The van der Waals surface area contributed by atoms with Crippen LogP contribution in [0.1, 0.15) is 30.6 Å². The van der Waals surface area contributed by atoms with Crippen LogP contribution in [0.5, 0.6) is 0 Å². The summed E-state index contributed by atoms with van der Waals surface area (Å²) in [4.78, 5) is 1.15. The van der Waals surface area contributed by atoms with E-state index in [0.717, 1.165) is 40.6 Å². The number of fused-ring (bicyclic) bond motifs is 1. The molecule has 1 aromatic carbocycles. The largest absolute Gasteiger partial charge is 0.244 e. The van der Waals surface area contributed by atoms with Crippen molar-refractivity contribution in [2.75, 3.05) is 7.05 Å². The van der Waals surface area contributed by atoms with E-state index in [4.69, 9.17) is 11.6 Å². The van der Waals surface area contributed by atoms with Gasteiger partial charge in [0.15, 0.2) is 0 Å². The summed E-state index contributed by atoms with van der Waals surface area (Å²) in [5.74, 6) is 0.229. The molecule has 0 aliphatic heterocycles. The molecule has 0 saturated heterocycles. The van der Waals surface area contributed by atoms with Crippen LogP contribution in [0.2, 0.25) is 0 Å². The molecule has 1 heterocycles. The van der Waals surface area contributed by atoms with E-state index in [0.29, 0.717) is 4.90 Å². The summed E-state index contributed by atoms with van der Waals surface area (Å²) in [7, 11) is -1.78. The minimum Gasteiger partial charge on any atom is -0.207 e. The first-order chi connectivity index (χ1) is 10.1. The van der Waals surface area contributed by atoms with Crippen LogP contribution < -0.4 is 0 Å². The third kappa shape index (κ3) is 2.61. The molecule has 3 nitrogen and oxygen atoms in total. The molecule has 0 N–H and O–H groups in total. The first kappa shape index (κ1) is 15.3. The van der Waals surface area contributed by atoms with Crippen molar-refractivity contribution in [1.82, 2.24) is 4.31 Å². The molecule has 0 unspecified atom stereocenters. The van der Waals surface area contributed by atoms with Crippen molar-refractivity contribution in [3.8, 4) is 0 Å². The van der Waals surface area contributed by atoms with Crippen LogP contribution in [-0.4, -0.2) is 25.8 Å². The Morgan fingerprint density at radius 1 is 1.29 bits per heavy atom. The molecular formula is C15H18ClNO2S2. The molecule has 1 aromatic heterocycles. The first-order valence-electron chi connectivity index (χ1n) is 7.10. The molecule has 6 heteroatoms. The maximum absolute atomic E-state index is 13.0. The van der Waals surface area contributed by atoms with Gasteiger partial charge in [0.25, 0.3) is 0 Å².